The molecule has 3 rings (SSSR count). The molecule has 0 aliphatic carbocycles. The molecule has 6 nitrogen and oxygen atoms in total. The molecule has 2 aromatic carbocycles. The summed E-state index contributed by atoms with van der Waals surface area (Å²) in [5, 5.41) is 5.25. The third kappa shape index (κ3) is 2.78. The molecule has 2 aromatic rings. The van der Waals surface area contributed by atoms with E-state index in [1.54, 1.807) is 55.5 Å². The maximum atomic E-state index is 12.3. The van der Waals surface area contributed by atoms with Crippen molar-refractivity contribution in [1.82, 2.24) is 10.2 Å². The number of fused-ring (bicyclic) bond motifs is 1. The average Bonchev–Trinajstić information content (AvgIpc) is 2.80. The van der Waals surface area contributed by atoms with Crippen molar-refractivity contribution in [3.05, 3.63) is 65.7 Å². The van der Waals surface area contributed by atoms with Crippen molar-refractivity contribution in [3.8, 4) is 0 Å². The summed E-state index contributed by atoms with van der Waals surface area (Å²) >= 11 is 0. The molecule has 0 radical (unpaired) electrons. The predicted molar refractivity (Wildman–Crippen MR) is 85.0 cm³/mol. The summed E-state index contributed by atoms with van der Waals surface area (Å²) in [4.78, 5) is 37.7. The number of anilines is 1. The minimum atomic E-state index is -0.758. The first-order valence-electron chi connectivity index (χ1n) is 7.17. The van der Waals surface area contributed by atoms with E-state index in [1.807, 2.05) is 6.07 Å². The second-order valence-corrected chi connectivity index (χ2v) is 5.17. The molecule has 4 amide bonds. The molecule has 0 bridgehead atoms. The SMILES string of the molecule is CC(NC(=O)Nc1ccccc1)N1C(=O)c2ccccc2C1=O. The number of hydrogen-bond donors (Lipinski definition) is 2. The number of rotatable bonds is 3. The number of amides is 4. The molecule has 23 heavy (non-hydrogen) atoms. The third-order valence-corrected chi connectivity index (χ3v) is 3.58. The Hall–Kier alpha value is -3.15. The van der Waals surface area contributed by atoms with Crippen molar-refractivity contribution in [3.63, 3.8) is 0 Å². The summed E-state index contributed by atoms with van der Waals surface area (Å²) in [6.07, 6.45) is -0.758. The van der Waals surface area contributed by atoms with Crippen LogP contribution >= 0.6 is 0 Å². The second-order valence-electron chi connectivity index (χ2n) is 5.17. The zero-order chi connectivity index (χ0) is 16.4. The van der Waals surface area contributed by atoms with Crippen LogP contribution in [0.4, 0.5) is 10.5 Å². The average molecular weight is 309 g/mol. The van der Waals surface area contributed by atoms with Crippen LogP contribution in [0.3, 0.4) is 0 Å². The Morgan fingerprint density at radius 2 is 1.43 bits per heavy atom. The Morgan fingerprint density at radius 1 is 0.913 bits per heavy atom. The monoisotopic (exact) mass is 309 g/mol. The van der Waals surface area contributed by atoms with Crippen molar-refractivity contribution < 1.29 is 14.4 Å². The van der Waals surface area contributed by atoms with Crippen LogP contribution < -0.4 is 10.6 Å². The minimum absolute atomic E-state index is 0.356. The van der Waals surface area contributed by atoms with Gasteiger partial charge in [0.15, 0.2) is 0 Å². The van der Waals surface area contributed by atoms with E-state index >= 15 is 0 Å². The van der Waals surface area contributed by atoms with Crippen molar-refractivity contribution in [2.45, 2.75) is 13.1 Å². The van der Waals surface area contributed by atoms with E-state index in [-0.39, 0.29) is 0 Å². The van der Waals surface area contributed by atoms with Gasteiger partial charge in [-0.3, -0.25) is 14.5 Å². The first-order chi connectivity index (χ1) is 11.1. The van der Waals surface area contributed by atoms with Crippen LogP contribution in [0.25, 0.3) is 0 Å². The molecular weight excluding hydrogens is 294 g/mol. The molecule has 1 atom stereocenters. The Labute approximate surface area is 133 Å². The molecule has 0 aromatic heterocycles. The second kappa shape index (κ2) is 5.92. The van der Waals surface area contributed by atoms with E-state index in [0.29, 0.717) is 16.8 Å². The predicted octanol–water partition coefficient (Wildman–Crippen LogP) is 2.45. The third-order valence-electron chi connectivity index (χ3n) is 3.58. The molecule has 0 saturated heterocycles. The van der Waals surface area contributed by atoms with Crippen LogP contribution in [0, 0.1) is 0 Å². The molecule has 116 valence electrons. The highest BCUT2D eigenvalue weighted by atomic mass is 16.2. The van der Waals surface area contributed by atoms with Crippen molar-refractivity contribution in [2.75, 3.05) is 5.32 Å². The van der Waals surface area contributed by atoms with Gasteiger partial charge in [-0.25, -0.2) is 4.79 Å². The standard InChI is InChI=1S/C17H15N3O3/c1-11(18-17(23)19-12-7-3-2-4-8-12)20-15(21)13-9-5-6-10-14(13)16(20)22/h2-11H,1H3,(H2,18,19,23). The van der Waals surface area contributed by atoms with Gasteiger partial charge in [0.1, 0.15) is 6.17 Å². The van der Waals surface area contributed by atoms with Crippen LogP contribution in [-0.4, -0.2) is 28.9 Å². The maximum absolute atomic E-state index is 12.3. The molecule has 0 spiro atoms. The molecule has 1 aliphatic rings. The highest BCUT2D eigenvalue weighted by molar-refractivity contribution is 6.21. The molecule has 1 unspecified atom stereocenters. The first kappa shape index (κ1) is 14.8. The van der Waals surface area contributed by atoms with Gasteiger partial charge in [-0.15, -0.1) is 0 Å². The number of nitrogens with one attached hydrogen (secondary N) is 2. The van der Waals surface area contributed by atoms with Crippen LogP contribution in [0.15, 0.2) is 54.6 Å². The molecular formula is C17H15N3O3. The summed E-state index contributed by atoms with van der Waals surface area (Å²) in [5.41, 5.74) is 1.34. The molecule has 1 heterocycles. The molecule has 0 fully saturated rings. The minimum Gasteiger partial charge on any atom is -0.317 e. The molecule has 2 N–H and O–H groups in total. The summed E-state index contributed by atoms with van der Waals surface area (Å²) in [5.74, 6) is -0.809. The largest absolute Gasteiger partial charge is 0.320 e. The Morgan fingerprint density at radius 3 is 2.00 bits per heavy atom. The number of carbonyl (C=O) groups excluding carboxylic acids is 3. The number of para-hydroxylation sites is 1. The van der Waals surface area contributed by atoms with Gasteiger partial charge in [0.2, 0.25) is 0 Å². The van der Waals surface area contributed by atoms with E-state index in [4.69, 9.17) is 0 Å². The van der Waals surface area contributed by atoms with E-state index in [1.165, 1.54) is 0 Å². The van der Waals surface area contributed by atoms with Crippen LogP contribution in [-0.2, 0) is 0 Å². The first-order valence-corrected chi connectivity index (χ1v) is 7.17. The van der Waals surface area contributed by atoms with Crippen LogP contribution in [0.5, 0.6) is 0 Å². The normalized spacial score (nSPS) is 14.4. The van der Waals surface area contributed by atoms with Gasteiger partial charge in [-0.2, -0.15) is 0 Å². The van der Waals surface area contributed by atoms with Crippen LogP contribution in [0.2, 0.25) is 0 Å². The van der Waals surface area contributed by atoms with Crippen molar-refractivity contribution >= 4 is 23.5 Å². The quantitative estimate of drug-likeness (QED) is 0.855. The summed E-state index contributed by atoms with van der Waals surface area (Å²) in [6.45, 7) is 1.59. The zero-order valence-corrected chi connectivity index (χ0v) is 12.4. The zero-order valence-electron chi connectivity index (χ0n) is 12.4. The highest BCUT2D eigenvalue weighted by Gasteiger charge is 2.38. The van der Waals surface area contributed by atoms with E-state index in [0.717, 1.165) is 4.90 Å². The Balaban J connectivity index is 1.70. The number of carbonyl (C=O) groups is 3. The lowest BCUT2D eigenvalue weighted by atomic mass is 10.1. The number of nitrogens with zero attached hydrogens (tertiary/aromatic N) is 1. The number of benzene rings is 2. The summed E-state index contributed by atoms with van der Waals surface area (Å²) < 4.78 is 0. The summed E-state index contributed by atoms with van der Waals surface area (Å²) in [7, 11) is 0. The number of imide groups is 1. The Kier molecular flexibility index (Phi) is 3.80. The fraction of sp³-hybridized carbons (Fsp3) is 0.118. The smallest absolute Gasteiger partial charge is 0.317 e. The summed E-state index contributed by atoms with van der Waals surface area (Å²) in [6, 6.07) is 15.0. The number of urea groups is 1. The fourth-order valence-corrected chi connectivity index (χ4v) is 2.50. The van der Waals surface area contributed by atoms with Gasteiger partial charge in [0, 0.05) is 5.69 Å². The van der Waals surface area contributed by atoms with Gasteiger partial charge < -0.3 is 10.6 Å². The van der Waals surface area contributed by atoms with Gasteiger partial charge >= 0.3 is 6.03 Å². The molecule has 1 aliphatic heterocycles. The topological polar surface area (TPSA) is 78.5 Å². The van der Waals surface area contributed by atoms with E-state index in [9.17, 15) is 14.4 Å². The fourth-order valence-electron chi connectivity index (χ4n) is 2.50. The van der Waals surface area contributed by atoms with E-state index < -0.39 is 24.0 Å². The maximum Gasteiger partial charge on any atom is 0.320 e. The lowest BCUT2D eigenvalue weighted by Crippen LogP contribution is -2.50. The number of hydrogen-bond acceptors (Lipinski definition) is 3. The van der Waals surface area contributed by atoms with Crippen molar-refractivity contribution in [2.24, 2.45) is 0 Å². The highest BCUT2D eigenvalue weighted by Crippen LogP contribution is 2.23. The Bertz CT molecular complexity index is 739. The van der Waals surface area contributed by atoms with Gasteiger partial charge in [-0.1, -0.05) is 30.3 Å². The van der Waals surface area contributed by atoms with Gasteiger partial charge in [0.25, 0.3) is 11.8 Å². The van der Waals surface area contributed by atoms with E-state index in [2.05, 4.69) is 10.6 Å². The van der Waals surface area contributed by atoms with Crippen LogP contribution in [0.1, 0.15) is 27.6 Å². The lowest BCUT2D eigenvalue weighted by molar-refractivity contribution is 0.0581. The molecule has 0 saturated carbocycles. The molecule has 6 heteroatoms. The van der Waals surface area contributed by atoms with Crippen molar-refractivity contribution in [1.29, 1.82) is 0 Å². The lowest BCUT2D eigenvalue weighted by Gasteiger charge is -2.23. The van der Waals surface area contributed by atoms with Gasteiger partial charge in [0.05, 0.1) is 11.1 Å². The van der Waals surface area contributed by atoms with Gasteiger partial charge in [-0.05, 0) is 31.2 Å².